The first-order chi connectivity index (χ1) is 11.6. The number of benzene rings is 1. The van der Waals surface area contributed by atoms with E-state index >= 15 is 0 Å². The van der Waals surface area contributed by atoms with Gasteiger partial charge < -0.3 is 14.8 Å². The molecule has 0 aliphatic heterocycles. The summed E-state index contributed by atoms with van der Waals surface area (Å²) in [7, 11) is 1.53. The lowest BCUT2D eigenvalue weighted by atomic mass is 9.97. The van der Waals surface area contributed by atoms with E-state index in [1.807, 2.05) is 0 Å². The Balaban J connectivity index is 1.77. The summed E-state index contributed by atoms with van der Waals surface area (Å²) >= 11 is 0. The molecule has 24 heavy (non-hydrogen) atoms. The second-order valence-electron chi connectivity index (χ2n) is 5.93. The van der Waals surface area contributed by atoms with Crippen molar-refractivity contribution in [2.75, 3.05) is 13.7 Å². The van der Waals surface area contributed by atoms with Crippen molar-refractivity contribution in [3.8, 4) is 5.75 Å². The normalized spacial score (nSPS) is 15.2. The Bertz CT molecular complexity index is 609. The number of ether oxygens (including phenoxy) is 2. The van der Waals surface area contributed by atoms with Gasteiger partial charge in [-0.2, -0.15) is 0 Å². The Morgan fingerprint density at radius 3 is 2.83 bits per heavy atom. The van der Waals surface area contributed by atoms with Crippen LogP contribution < -0.4 is 10.1 Å². The minimum atomic E-state index is -0.830. The molecule has 1 aliphatic carbocycles. The number of amides is 1. The first-order valence-corrected chi connectivity index (χ1v) is 8.41. The number of hydrogen-bond acceptors (Lipinski definition) is 4. The van der Waals surface area contributed by atoms with Crippen molar-refractivity contribution in [3.05, 3.63) is 41.5 Å². The van der Waals surface area contributed by atoms with Crippen LogP contribution in [0.5, 0.6) is 5.75 Å². The van der Waals surface area contributed by atoms with Gasteiger partial charge in [0.05, 0.1) is 12.7 Å². The molecule has 1 atom stereocenters. The monoisotopic (exact) mass is 331 g/mol. The van der Waals surface area contributed by atoms with Crippen LogP contribution in [0.1, 0.15) is 49.4 Å². The molecule has 0 aromatic heterocycles. The van der Waals surface area contributed by atoms with Gasteiger partial charge in [-0.25, -0.2) is 4.79 Å². The zero-order chi connectivity index (χ0) is 17.4. The van der Waals surface area contributed by atoms with E-state index in [0.717, 1.165) is 19.3 Å². The van der Waals surface area contributed by atoms with Crippen LogP contribution in [-0.4, -0.2) is 31.6 Å². The largest absolute Gasteiger partial charge is 0.497 e. The molecule has 5 nitrogen and oxygen atoms in total. The predicted octanol–water partition coefficient (Wildman–Crippen LogP) is 3.25. The first-order valence-electron chi connectivity index (χ1n) is 8.41. The number of esters is 1. The van der Waals surface area contributed by atoms with E-state index in [1.165, 1.54) is 25.5 Å². The maximum Gasteiger partial charge on any atom is 0.339 e. The number of nitrogens with one attached hydrogen (secondary N) is 1. The van der Waals surface area contributed by atoms with Gasteiger partial charge in [-0.3, -0.25) is 4.79 Å². The highest BCUT2D eigenvalue weighted by Gasteiger charge is 2.19. The zero-order valence-corrected chi connectivity index (χ0v) is 14.3. The highest BCUT2D eigenvalue weighted by Crippen LogP contribution is 2.19. The summed E-state index contributed by atoms with van der Waals surface area (Å²) in [5.74, 6) is -0.239. The summed E-state index contributed by atoms with van der Waals surface area (Å²) in [5.41, 5.74) is 1.77. The second kappa shape index (κ2) is 9.11. The molecular formula is C19H25NO4. The van der Waals surface area contributed by atoms with E-state index in [0.29, 0.717) is 17.9 Å². The van der Waals surface area contributed by atoms with Crippen LogP contribution in [0.3, 0.4) is 0 Å². The minimum Gasteiger partial charge on any atom is -0.497 e. The smallest absolute Gasteiger partial charge is 0.339 e. The lowest BCUT2D eigenvalue weighted by Crippen LogP contribution is -2.36. The van der Waals surface area contributed by atoms with E-state index in [9.17, 15) is 9.59 Å². The minimum absolute atomic E-state index is 0.275. The maximum absolute atomic E-state index is 12.1. The highest BCUT2D eigenvalue weighted by molar-refractivity contribution is 5.92. The van der Waals surface area contributed by atoms with E-state index in [-0.39, 0.29) is 5.91 Å². The van der Waals surface area contributed by atoms with Crippen LogP contribution in [0.2, 0.25) is 0 Å². The fraction of sp³-hybridized carbons (Fsp3) is 0.474. The Kier molecular flexibility index (Phi) is 6.85. The summed E-state index contributed by atoms with van der Waals surface area (Å²) in [6, 6.07) is 6.67. The molecule has 0 saturated carbocycles. The van der Waals surface area contributed by atoms with Crippen LogP contribution in [0.4, 0.5) is 0 Å². The van der Waals surface area contributed by atoms with Crippen molar-refractivity contribution >= 4 is 11.9 Å². The third-order valence-electron chi connectivity index (χ3n) is 4.09. The van der Waals surface area contributed by atoms with E-state index < -0.39 is 12.1 Å². The number of carbonyl (C=O) groups excluding carboxylic acids is 2. The van der Waals surface area contributed by atoms with E-state index in [4.69, 9.17) is 9.47 Å². The molecule has 0 heterocycles. The Morgan fingerprint density at radius 1 is 1.29 bits per heavy atom. The summed E-state index contributed by atoms with van der Waals surface area (Å²) in [5, 5.41) is 2.83. The quantitative estimate of drug-likeness (QED) is 0.615. The molecule has 1 aromatic carbocycles. The van der Waals surface area contributed by atoms with Crippen LogP contribution in [0, 0.1) is 0 Å². The number of methoxy groups -OCH3 is 1. The van der Waals surface area contributed by atoms with E-state index in [1.54, 1.807) is 31.2 Å². The third kappa shape index (κ3) is 5.41. The topological polar surface area (TPSA) is 64.6 Å². The van der Waals surface area contributed by atoms with Gasteiger partial charge in [0, 0.05) is 6.54 Å². The average molecular weight is 331 g/mol. The zero-order valence-electron chi connectivity index (χ0n) is 14.3. The van der Waals surface area contributed by atoms with Crippen molar-refractivity contribution in [1.29, 1.82) is 0 Å². The van der Waals surface area contributed by atoms with Gasteiger partial charge in [-0.15, -0.1) is 0 Å². The van der Waals surface area contributed by atoms with Crippen molar-refractivity contribution in [2.24, 2.45) is 0 Å². The molecule has 1 amide bonds. The molecule has 0 fully saturated rings. The predicted molar refractivity (Wildman–Crippen MR) is 92.0 cm³/mol. The summed E-state index contributed by atoms with van der Waals surface area (Å²) in [4.78, 5) is 24.1. The van der Waals surface area contributed by atoms with Gasteiger partial charge in [-0.1, -0.05) is 17.7 Å². The fourth-order valence-corrected chi connectivity index (χ4v) is 2.65. The molecule has 1 aliphatic rings. The van der Waals surface area contributed by atoms with Gasteiger partial charge in [-0.05, 0) is 57.2 Å². The van der Waals surface area contributed by atoms with Gasteiger partial charge in [0.2, 0.25) is 0 Å². The van der Waals surface area contributed by atoms with Crippen LogP contribution in [0.25, 0.3) is 0 Å². The molecule has 0 bridgehead atoms. The SMILES string of the molecule is COc1cccc(C(=O)O[C@H](C)C(=O)NCCC2=CCCCC2)c1. The lowest BCUT2D eigenvalue weighted by Gasteiger charge is -2.15. The Hall–Kier alpha value is -2.30. The Morgan fingerprint density at radius 2 is 2.12 bits per heavy atom. The number of allylic oxidation sites excluding steroid dienone is 1. The molecule has 0 radical (unpaired) electrons. The lowest BCUT2D eigenvalue weighted by molar-refractivity contribution is -0.129. The summed E-state index contributed by atoms with van der Waals surface area (Å²) in [6.07, 6.45) is 7.05. The molecule has 130 valence electrons. The number of carbonyl (C=O) groups is 2. The summed E-state index contributed by atoms with van der Waals surface area (Å²) in [6.45, 7) is 2.15. The number of rotatable bonds is 7. The second-order valence-corrected chi connectivity index (χ2v) is 5.93. The molecule has 0 saturated heterocycles. The molecule has 5 heteroatoms. The van der Waals surface area contributed by atoms with Crippen molar-refractivity contribution in [3.63, 3.8) is 0 Å². The first kappa shape index (κ1) is 18.0. The average Bonchev–Trinajstić information content (AvgIpc) is 2.62. The van der Waals surface area contributed by atoms with Crippen LogP contribution in [-0.2, 0) is 9.53 Å². The van der Waals surface area contributed by atoms with Gasteiger partial charge in [0.1, 0.15) is 5.75 Å². The summed E-state index contributed by atoms with van der Waals surface area (Å²) < 4.78 is 10.3. The van der Waals surface area contributed by atoms with Crippen molar-refractivity contribution in [2.45, 2.75) is 45.1 Å². The molecule has 0 spiro atoms. The highest BCUT2D eigenvalue weighted by atomic mass is 16.5. The number of hydrogen-bond donors (Lipinski definition) is 1. The maximum atomic E-state index is 12.1. The van der Waals surface area contributed by atoms with Crippen LogP contribution >= 0.6 is 0 Å². The fourth-order valence-electron chi connectivity index (χ4n) is 2.65. The van der Waals surface area contributed by atoms with Gasteiger partial charge in [0.15, 0.2) is 6.10 Å². The molecule has 1 aromatic rings. The van der Waals surface area contributed by atoms with E-state index in [2.05, 4.69) is 11.4 Å². The van der Waals surface area contributed by atoms with Crippen LogP contribution in [0.15, 0.2) is 35.9 Å². The molecular weight excluding hydrogens is 306 g/mol. The third-order valence-corrected chi connectivity index (χ3v) is 4.09. The standard InChI is InChI=1S/C19H25NO4/c1-14(18(21)20-12-11-15-7-4-3-5-8-15)24-19(22)16-9-6-10-17(13-16)23-2/h6-7,9-10,13-14H,3-5,8,11-12H2,1-2H3,(H,20,21)/t14-/m1/s1. The molecule has 2 rings (SSSR count). The molecule has 1 N–H and O–H groups in total. The van der Waals surface area contributed by atoms with Crippen molar-refractivity contribution in [1.82, 2.24) is 5.32 Å². The van der Waals surface area contributed by atoms with Gasteiger partial charge in [0.25, 0.3) is 5.91 Å². The van der Waals surface area contributed by atoms with Gasteiger partial charge >= 0.3 is 5.97 Å². The molecule has 0 unspecified atom stereocenters. The van der Waals surface area contributed by atoms with Crippen molar-refractivity contribution < 1.29 is 19.1 Å². The Labute approximate surface area is 143 Å².